The monoisotopic (exact) mass is 307 g/mol. The van der Waals surface area contributed by atoms with Gasteiger partial charge in [0.2, 0.25) is 15.9 Å². The number of carbonyl (C=O) groups is 2. The van der Waals surface area contributed by atoms with E-state index in [1.165, 1.54) is 6.08 Å². The van der Waals surface area contributed by atoms with E-state index in [0.717, 1.165) is 5.41 Å². The zero-order chi connectivity index (χ0) is 16.0. The minimum atomic E-state index is -3.77. The topological polar surface area (TPSA) is 128 Å². The van der Waals surface area contributed by atoms with E-state index >= 15 is 0 Å². The highest BCUT2D eigenvalue weighted by atomic mass is 32.2. The first-order valence-corrected chi connectivity index (χ1v) is 7.41. The van der Waals surface area contributed by atoms with Crippen molar-refractivity contribution < 1.29 is 22.7 Å². The summed E-state index contributed by atoms with van der Waals surface area (Å²) < 4.78 is 29.8. The van der Waals surface area contributed by atoms with Crippen LogP contribution < -0.4 is 15.8 Å². The first-order valence-electron chi connectivity index (χ1n) is 5.87. The number of sulfonamides is 1. The Morgan fingerprint density at radius 3 is 2.35 bits per heavy atom. The van der Waals surface area contributed by atoms with Gasteiger partial charge in [0.1, 0.15) is 5.60 Å². The van der Waals surface area contributed by atoms with Crippen molar-refractivity contribution in [1.82, 2.24) is 10.0 Å². The number of rotatable bonds is 6. The zero-order valence-electron chi connectivity index (χ0n) is 12.0. The second kappa shape index (κ2) is 7.25. The fourth-order valence-corrected chi connectivity index (χ4v) is 1.86. The maximum atomic E-state index is 11.4. The summed E-state index contributed by atoms with van der Waals surface area (Å²) in [6, 6.07) is -0.560. The summed E-state index contributed by atoms with van der Waals surface area (Å²) in [5.41, 5.74) is 4.18. The van der Waals surface area contributed by atoms with Gasteiger partial charge in [0, 0.05) is 11.4 Å². The summed E-state index contributed by atoms with van der Waals surface area (Å²) in [7, 11) is -3.77. The van der Waals surface area contributed by atoms with Gasteiger partial charge >= 0.3 is 6.09 Å². The molecule has 0 radical (unpaired) electrons. The van der Waals surface area contributed by atoms with Crippen molar-refractivity contribution in [1.29, 1.82) is 0 Å². The van der Waals surface area contributed by atoms with Crippen molar-refractivity contribution >= 4 is 22.0 Å². The lowest BCUT2D eigenvalue weighted by atomic mass is 10.2. The summed E-state index contributed by atoms with van der Waals surface area (Å²) in [6.07, 6.45) is 0.588. The Morgan fingerprint density at radius 2 is 1.90 bits per heavy atom. The SMILES string of the molecule is C[C@@H](/C=C/S(=O)(=O)NCC(N)=O)NC(=O)OC(C)(C)C. The average Bonchev–Trinajstić information content (AvgIpc) is 2.21. The quantitative estimate of drug-likeness (QED) is 0.627. The normalized spacial score (nSPS) is 14.0. The minimum absolute atomic E-state index is 0.486. The van der Waals surface area contributed by atoms with Gasteiger partial charge in [0.15, 0.2) is 0 Å². The van der Waals surface area contributed by atoms with Crippen LogP contribution in [0, 0.1) is 0 Å². The van der Waals surface area contributed by atoms with Crippen molar-refractivity contribution in [3.8, 4) is 0 Å². The summed E-state index contributed by atoms with van der Waals surface area (Å²) in [4.78, 5) is 21.9. The number of ether oxygens (including phenoxy) is 1. The Labute approximate surface area is 118 Å². The Bertz CT molecular complexity index is 479. The molecule has 0 aliphatic heterocycles. The van der Waals surface area contributed by atoms with E-state index in [-0.39, 0.29) is 0 Å². The Kier molecular flexibility index (Phi) is 6.66. The molecule has 0 unspecified atom stereocenters. The van der Waals surface area contributed by atoms with Crippen LogP contribution >= 0.6 is 0 Å². The van der Waals surface area contributed by atoms with Gasteiger partial charge in [-0.15, -0.1) is 0 Å². The third-order valence-corrected chi connectivity index (χ3v) is 2.80. The lowest BCUT2D eigenvalue weighted by Crippen LogP contribution is -2.37. The summed E-state index contributed by atoms with van der Waals surface area (Å²) in [6.45, 7) is 6.23. The predicted molar refractivity (Wildman–Crippen MR) is 74.1 cm³/mol. The highest BCUT2D eigenvalue weighted by Gasteiger charge is 2.17. The largest absolute Gasteiger partial charge is 0.444 e. The van der Waals surface area contributed by atoms with Crippen molar-refractivity contribution in [3.63, 3.8) is 0 Å². The van der Waals surface area contributed by atoms with Gasteiger partial charge in [-0.3, -0.25) is 4.79 Å². The van der Waals surface area contributed by atoms with Gasteiger partial charge in [-0.05, 0) is 33.8 Å². The molecule has 0 bridgehead atoms. The van der Waals surface area contributed by atoms with E-state index in [1.54, 1.807) is 27.7 Å². The molecule has 0 aliphatic carbocycles. The molecule has 0 aromatic rings. The zero-order valence-corrected chi connectivity index (χ0v) is 12.8. The Balaban J connectivity index is 4.38. The van der Waals surface area contributed by atoms with Crippen LogP contribution in [0.4, 0.5) is 4.79 Å². The Hall–Kier alpha value is -1.61. The first kappa shape index (κ1) is 18.4. The van der Waals surface area contributed by atoms with E-state index < -0.39 is 40.2 Å². The van der Waals surface area contributed by atoms with Crippen molar-refractivity contribution in [2.75, 3.05) is 6.54 Å². The summed E-state index contributed by atoms with van der Waals surface area (Å²) in [5.74, 6) is -0.790. The predicted octanol–water partition coefficient (Wildman–Crippen LogP) is -0.182. The maximum absolute atomic E-state index is 11.4. The molecule has 0 aromatic heterocycles. The number of amides is 2. The molecule has 0 aliphatic rings. The molecule has 0 heterocycles. The molecule has 1 atom stereocenters. The molecule has 9 heteroatoms. The lowest BCUT2D eigenvalue weighted by molar-refractivity contribution is -0.116. The smallest absolute Gasteiger partial charge is 0.408 e. The Morgan fingerprint density at radius 1 is 1.35 bits per heavy atom. The molecule has 2 amide bonds. The van der Waals surface area contributed by atoms with Gasteiger partial charge in [-0.1, -0.05) is 0 Å². The summed E-state index contributed by atoms with van der Waals surface area (Å²) >= 11 is 0. The maximum Gasteiger partial charge on any atom is 0.408 e. The molecule has 8 nitrogen and oxygen atoms in total. The van der Waals surface area contributed by atoms with Crippen LogP contribution in [0.1, 0.15) is 27.7 Å². The fourth-order valence-electron chi connectivity index (χ4n) is 0.983. The molecule has 0 saturated heterocycles. The third-order valence-electron chi connectivity index (χ3n) is 1.74. The van der Waals surface area contributed by atoms with Gasteiger partial charge in [0.25, 0.3) is 0 Å². The van der Waals surface area contributed by atoms with E-state index in [9.17, 15) is 18.0 Å². The average molecular weight is 307 g/mol. The van der Waals surface area contributed by atoms with Crippen LogP contribution in [0.2, 0.25) is 0 Å². The highest BCUT2D eigenvalue weighted by Crippen LogP contribution is 2.06. The van der Waals surface area contributed by atoms with Crippen LogP contribution in [-0.2, 0) is 19.6 Å². The molecule has 4 N–H and O–H groups in total. The van der Waals surface area contributed by atoms with Gasteiger partial charge < -0.3 is 15.8 Å². The molecule has 20 heavy (non-hydrogen) atoms. The van der Waals surface area contributed by atoms with Gasteiger partial charge in [0.05, 0.1) is 6.54 Å². The number of carbonyl (C=O) groups excluding carboxylic acids is 2. The van der Waals surface area contributed by atoms with Crippen LogP contribution in [0.15, 0.2) is 11.5 Å². The molecular formula is C11H21N3O5S. The van der Waals surface area contributed by atoms with Gasteiger partial charge in [-0.25, -0.2) is 17.9 Å². The third kappa shape index (κ3) is 10.3. The second-order valence-electron chi connectivity index (χ2n) is 5.10. The number of primary amides is 1. The van der Waals surface area contributed by atoms with E-state index in [0.29, 0.717) is 0 Å². The lowest BCUT2D eigenvalue weighted by Gasteiger charge is -2.20. The van der Waals surface area contributed by atoms with Crippen molar-refractivity contribution in [2.24, 2.45) is 5.73 Å². The van der Waals surface area contributed by atoms with Crippen LogP contribution in [0.25, 0.3) is 0 Å². The molecule has 0 fully saturated rings. The first-order chi connectivity index (χ1) is 8.91. The molecule has 0 rings (SSSR count). The van der Waals surface area contributed by atoms with Gasteiger partial charge in [-0.2, -0.15) is 0 Å². The number of alkyl carbamates (subject to hydrolysis) is 1. The number of hydrogen-bond acceptors (Lipinski definition) is 5. The molecule has 0 aromatic carbocycles. The van der Waals surface area contributed by atoms with Crippen LogP contribution in [0.5, 0.6) is 0 Å². The molecule has 116 valence electrons. The standard InChI is InChI=1S/C11H21N3O5S/c1-8(14-10(16)19-11(2,3)4)5-6-20(17,18)13-7-9(12)15/h5-6,8,13H,7H2,1-4H3,(H2,12,15)(H,14,16)/b6-5+/t8-/m0/s1. The molecular weight excluding hydrogens is 286 g/mol. The second-order valence-corrected chi connectivity index (χ2v) is 6.75. The minimum Gasteiger partial charge on any atom is -0.444 e. The molecule has 0 spiro atoms. The summed E-state index contributed by atoms with van der Waals surface area (Å²) in [5, 5.41) is 3.29. The van der Waals surface area contributed by atoms with Crippen LogP contribution in [-0.4, -0.2) is 38.6 Å². The van der Waals surface area contributed by atoms with E-state index in [4.69, 9.17) is 10.5 Å². The highest BCUT2D eigenvalue weighted by molar-refractivity contribution is 7.92. The van der Waals surface area contributed by atoms with E-state index in [1.807, 2.05) is 4.72 Å². The fraction of sp³-hybridized carbons (Fsp3) is 0.636. The molecule has 0 saturated carbocycles. The van der Waals surface area contributed by atoms with Crippen LogP contribution in [0.3, 0.4) is 0 Å². The number of hydrogen-bond donors (Lipinski definition) is 3. The van der Waals surface area contributed by atoms with E-state index in [2.05, 4.69) is 5.32 Å². The van der Waals surface area contributed by atoms with Crippen molar-refractivity contribution in [2.45, 2.75) is 39.3 Å². The number of nitrogens with two attached hydrogens (primary N) is 1. The number of nitrogens with one attached hydrogen (secondary N) is 2. The van der Waals surface area contributed by atoms with Crippen molar-refractivity contribution in [3.05, 3.63) is 11.5 Å².